The number of anilines is 1. The first-order valence-electron chi connectivity index (χ1n) is 7.11. The molecule has 110 valence electrons. The molecule has 1 heterocycles. The summed E-state index contributed by atoms with van der Waals surface area (Å²) in [6, 6.07) is 7.77. The lowest BCUT2D eigenvalue weighted by molar-refractivity contribution is 0.580. The van der Waals surface area contributed by atoms with Gasteiger partial charge in [-0.05, 0) is 59.7 Å². The van der Waals surface area contributed by atoms with Crippen LogP contribution in [0.25, 0.3) is 0 Å². The molecule has 0 atom stereocenters. The van der Waals surface area contributed by atoms with E-state index >= 15 is 0 Å². The third kappa shape index (κ3) is 3.69. The predicted octanol–water partition coefficient (Wildman–Crippen LogP) is 3.77. The van der Waals surface area contributed by atoms with Crippen LogP contribution in [0.4, 0.5) is 5.69 Å². The molecule has 1 aliphatic heterocycles. The lowest BCUT2D eigenvalue weighted by Gasteiger charge is -2.17. The second kappa shape index (κ2) is 5.00. The topological polar surface area (TPSA) is 60.5 Å². The maximum Gasteiger partial charge on any atom is 0.152 e. The Morgan fingerprint density at radius 2 is 1.62 bits per heavy atom. The van der Waals surface area contributed by atoms with Crippen LogP contribution >= 0.6 is 0 Å². The van der Waals surface area contributed by atoms with Crippen LogP contribution in [-0.2, 0) is 0 Å². The number of nitriles is 1. The molecule has 1 N–H and O–H groups in total. The summed E-state index contributed by atoms with van der Waals surface area (Å²) >= 11 is 0. The van der Waals surface area contributed by atoms with Crippen molar-refractivity contribution in [2.75, 3.05) is 5.32 Å². The zero-order chi connectivity index (χ0) is 15.8. The van der Waals surface area contributed by atoms with Gasteiger partial charge in [0, 0.05) is 11.3 Å². The largest absolute Gasteiger partial charge is 0.338 e. The van der Waals surface area contributed by atoms with Crippen LogP contribution in [0.5, 0.6) is 0 Å². The second-order valence-corrected chi connectivity index (χ2v) is 7.26. The molecule has 1 aromatic rings. The van der Waals surface area contributed by atoms with Crippen molar-refractivity contribution in [3.05, 3.63) is 29.3 Å². The Labute approximate surface area is 126 Å². The van der Waals surface area contributed by atoms with Crippen LogP contribution in [0.2, 0.25) is 0 Å². The Morgan fingerprint density at radius 1 is 1.00 bits per heavy atom. The fourth-order valence-electron chi connectivity index (χ4n) is 2.10. The molecule has 4 nitrogen and oxygen atoms in total. The third-order valence-electron chi connectivity index (χ3n) is 2.78. The summed E-state index contributed by atoms with van der Waals surface area (Å²) in [5.74, 6) is 0.780. The molecule has 0 unspecified atom stereocenters. The Morgan fingerprint density at radius 3 is 2.14 bits per heavy atom. The Bertz CT molecular complexity index is 662. The lowest BCUT2D eigenvalue weighted by Crippen LogP contribution is -2.25. The van der Waals surface area contributed by atoms with Crippen molar-refractivity contribution in [3.63, 3.8) is 0 Å². The summed E-state index contributed by atoms with van der Waals surface area (Å²) in [4.78, 5) is 9.54. The normalized spacial score (nSPS) is 18.5. The number of amidine groups is 1. The zero-order valence-electron chi connectivity index (χ0n) is 13.6. The quantitative estimate of drug-likeness (QED) is 0.787. The molecule has 0 amide bonds. The van der Waals surface area contributed by atoms with Gasteiger partial charge in [0.1, 0.15) is 5.71 Å². The average molecular weight is 282 g/mol. The average Bonchev–Trinajstić information content (AvgIpc) is 2.62. The van der Waals surface area contributed by atoms with E-state index in [2.05, 4.69) is 52.9 Å². The molecular formula is C17H22N4. The van der Waals surface area contributed by atoms with E-state index in [-0.39, 0.29) is 11.1 Å². The molecule has 0 bridgehead atoms. The van der Waals surface area contributed by atoms with Crippen molar-refractivity contribution in [3.8, 4) is 6.07 Å². The van der Waals surface area contributed by atoms with Crippen molar-refractivity contribution < 1.29 is 0 Å². The van der Waals surface area contributed by atoms with Gasteiger partial charge in [0.15, 0.2) is 5.84 Å². The molecule has 0 aromatic heterocycles. The SMILES string of the molecule is CC(C)(C)N=C1Nc2ccc(C#N)cc2C1=NC(C)(C)C. The van der Waals surface area contributed by atoms with E-state index in [1.807, 2.05) is 12.1 Å². The summed E-state index contributed by atoms with van der Waals surface area (Å²) in [5.41, 5.74) is 2.98. The van der Waals surface area contributed by atoms with E-state index < -0.39 is 0 Å². The highest BCUT2D eigenvalue weighted by atomic mass is 15.1. The van der Waals surface area contributed by atoms with E-state index in [1.54, 1.807) is 6.07 Å². The van der Waals surface area contributed by atoms with Crippen LogP contribution < -0.4 is 5.32 Å². The molecule has 1 aliphatic rings. The fraction of sp³-hybridized carbons (Fsp3) is 0.471. The van der Waals surface area contributed by atoms with E-state index in [0.717, 1.165) is 22.8 Å². The first-order chi connectivity index (χ1) is 9.59. The van der Waals surface area contributed by atoms with Gasteiger partial charge in [-0.2, -0.15) is 5.26 Å². The van der Waals surface area contributed by atoms with Crippen LogP contribution in [0, 0.1) is 11.3 Å². The zero-order valence-corrected chi connectivity index (χ0v) is 13.6. The first kappa shape index (κ1) is 15.2. The van der Waals surface area contributed by atoms with Gasteiger partial charge in [0.25, 0.3) is 0 Å². The predicted molar refractivity (Wildman–Crippen MR) is 88.3 cm³/mol. The van der Waals surface area contributed by atoms with Crippen molar-refractivity contribution in [1.82, 2.24) is 0 Å². The van der Waals surface area contributed by atoms with Crippen molar-refractivity contribution in [1.29, 1.82) is 5.26 Å². The van der Waals surface area contributed by atoms with Gasteiger partial charge in [0.05, 0.1) is 22.7 Å². The highest BCUT2D eigenvalue weighted by molar-refractivity contribution is 6.56. The van der Waals surface area contributed by atoms with Crippen molar-refractivity contribution in [2.45, 2.75) is 52.6 Å². The minimum Gasteiger partial charge on any atom is -0.338 e. The summed E-state index contributed by atoms with van der Waals surface area (Å²) in [6.45, 7) is 12.3. The molecule has 0 saturated heterocycles. The number of nitrogens with zero attached hydrogens (tertiary/aromatic N) is 3. The minimum atomic E-state index is -0.208. The molecule has 0 fully saturated rings. The molecule has 1 aromatic carbocycles. The Kier molecular flexibility index (Phi) is 3.63. The summed E-state index contributed by atoms with van der Waals surface area (Å²) in [5, 5.41) is 12.4. The first-order valence-corrected chi connectivity index (χ1v) is 7.11. The smallest absolute Gasteiger partial charge is 0.152 e. The number of fused-ring (bicyclic) bond motifs is 1. The molecule has 0 aliphatic carbocycles. The van der Waals surface area contributed by atoms with E-state index in [1.165, 1.54) is 0 Å². The molecule has 0 radical (unpaired) electrons. The van der Waals surface area contributed by atoms with Crippen LogP contribution in [0.3, 0.4) is 0 Å². The van der Waals surface area contributed by atoms with E-state index in [0.29, 0.717) is 5.56 Å². The Balaban J connectivity index is 2.62. The number of hydrogen-bond donors (Lipinski definition) is 1. The van der Waals surface area contributed by atoms with E-state index in [9.17, 15) is 0 Å². The monoisotopic (exact) mass is 282 g/mol. The highest BCUT2D eigenvalue weighted by Gasteiger charge is 2.27. The van der Waals surface area contributed by atoms with Crippen LogP contribution in [-0.4, -0.2) is 22.6 Å². The van der Waals surface area contributed by atoms with Gasteiger partial charge in [-0.25, -0.2) is 0 Å². The Hall–Kier alpha value is -2.15. The van der Waals surface area contributed by atoms with E-state index in [4.69, 9.17) is 15.2 Å². The molecule has 2 rings (SSSR count). The van der Waals surface area contributed by atoms with Gasteiger partial charge in [-0.15, -0.1) is 0 Å². The molecule has 0 spiro atoms. The summed E-state index contributed by atoms with van der Waals surface area (Å²) < 4.78 is 0. The number of nitrogens with one attached hydrogen (secondary N) is 1. The lowest BCUT2D eigenvalue weighted by atomic mass is 10.0. The molecule has 21 heavy (non-hydrogen) atoms. The number of rotatable bonds is 0. The maximum atomic E-state index is 9.10. The third-order valence-corrected chi connectivity index (χ3v) is 2.78. The van der Waals surface area contributed by atoms with Gasteiger partial charge in [0.2, 0.25) is 0 Å². The molecule has 0 saturated carbocycles. The van der Waals surface area contributed by atoms with Gasteiger partial charge < -0.3 is 5.32 Å². The van der Waals surface area contributed by atoms with Crippen LogP contribution in [0.15, 0.2) is 28.2 Å². The highest BCUT2D eigenvalue weighted by Crippen LogP contribution is 2.28. The summed E-state index contributed by atoms with van der Waals surface area (Å²) in [6.07, 6.45) is 0. The number of benzene rings is 1. The van der Waals surface area contributed by atoms with Crippen molar-refractivity contribution >= 4 is 17.2 Å². The maximum absolute atomic E-state index is 9.10. The van der Waals surface area contributed by atoms with Gasteiger partial charge >= 0.3 is 0 Å². The fourth-order valence-corrected chi connectivity index (χ4v) is 2.10. The molecule has 4 heteroatoms. The van der Waals surface area contributed by atoms with Gasteiger partial charge in [-0.1, -0.05) is 0 Å². The van der Waals surface area contributed by atoms with Gasteiger partial charge in [-0.3, -0.25) is 9.98 Å². The van der Waals surface area contributed by atoms with Crippen molar-refractivity contribution in [2.24, 2.45) is 9.98 Å². The second-order valence-electron chi connectivity index (χ2n) is 7.26. The van der Waals surface area contributed by atoms with Crippen LogP contribution in [0.1, 0.15) is 52.7 Å². The number of aliphatic imine (C=N–C) groups is 2. The number of hydrogen-bond acceptors (Lipinski definition) is 3. The molecular weight excluding hydrogens is 260 g/mol. The standard InChI is InChI=1S/C17H22N4/c1-16(2,3)20-14-12-9-11(10-18)7-8-13(12)19-15(14)21-17(4,5)6/h7-9H,1-6H3,(H,19,20,21). The minimum absolute atomic E-state index is 0.193. The summed E-state index contributed by atoms with van der Waals surface area (Å²) in [7, 11) is 0.